The summed E-state index contributed by atoms with van der Waals surface area (Å²) in [5, 5.41) is 0. The van der Waals surface area contributed by atoms with Gasteiger partial charge in [-0.15, -0.1) is 0 Å². The third-order valence-corrected chi connectivity index (χ3v) is 4.23. The first kappa shape index (κ1) is 21.7. The lowest BCUT2D eigenvalue weighted by molar-refractivity contribution is 0.355. The smallest absolute Gasteiger partial charge is 0.249 e. The summed E-state index contributed by atoms with van der Waals surface area (Å²) in [6.07, 6.45) is 3.42. The van der Waals surface area contributed by atoms with E-state index in [1.165, 1.54) is 4.90 Å². The predicted molar refractivity (Wildman–Crippen MR) is 111 cm³/mol. The van der Waals surface area contributed by atoms with Crippen molar-refractivity contribution >= 4 is 87.4 Å². The van der Waals surface area contributed by atoms with Crippen LogP contribution in [0.1, 0.15) is 5.56 Å². The van der Waals surface area contributed by atoms with Crippen molar-refractivity contribution in [1.29, 1.82) is 0 Å². The van der Waals surface area contributed by atoms with E-state index >= 15 is 0 Å². The van der Waals surface area contributed by atoms with Gasteiger partial charge in [0, 0.05) is 6.20 Å². The summed E-state index contributed by atoms with van der Waals surface area (Å²) in [5.74, 6) is 1.21. The summed E-state index contributed by atoms with van der Waals surface area (Å²) in [6, 6.07) is 5.41. The van der Waals surface area contributed by atoms with Crippen molar-refractivity contribution in [3.8, 4) is 11.5 Å². The minimum atomic E-state index is -1.83. The lowest BCUT2D eigenvalue weighted by Crippen LogP contribution is -2.41. The van der Waals surface area contributed by atoms with Gasteiger partial charge in [0.2, 0.25) is 7.59 Å². The molecule has 5 nitrogen and oxygen atoms in total. The molecule has 0 fully saturated rings. The van der Waals surface area contributed by atoms with Gasteiger partial charge in [-0.3, -0.25) is 0 Å². The number of methoxy groups -OCH3 is 2. The number of aliphatic imine (C=N–C) groups is 2. The topological polar surface area (TPSA) is 46.4 Å². The van der Waals surface area contributed by atoms with Gasteiger partial charge in [0.15, 0.2) is 23.2 Å². The fourth-order valence-electron chi connectivity index (χ4n) is 2.04. The molecule has 0 saturated carbocycles. The minimum absolute atomic E-state index is 0.0559. The monoisotopic (exact) mass is 477 g/mol. The lowest BCUT2D eigenvalue weighted by Gasteiger charge is -2.29. The molecule has 1 aliphatic heterocycles. The maximum absolute atomic E-state index is 5.99. The first-order valence-corrected chi connectivity index (χ1v) is 9.27. The van der Waals surface area contributed by atoms with Crippen LogP contribution in [-0.4, -0.2) is 45.0 Å². The molecule has 0 saturated heterocycles. The van der Waals surface area contributed by atoms with E-state index in [0.29, 0.717) is 11.5 Å². The third kappa shape index (κ3) is 5.47. The molecule has 0 aromatic heterocycles. The average molecular weight is 480 g/mol. The first-order valence-electron chi connectivity index (χ1n) is 7.00. The number of hydrogen-bond acceptors (Lipinski definition) is 5. The quantitative estimate of drug-likeness (QED) is 0.537. The Bertz CT molecular complexity index is 753. The van der Waals surface area contributed by atoms with Crippen molar-refractivity contribution < 1.29 is 9.47 Å². The second-order valence-corrected chi connectivity index (χ2v) is 9.52. The van der Waals surface area contributed by atoms with Gasteiger partial charge in [-0.2, -0.15) is 0 Å². The average Bonchev–Trinajstić information content (AvgIpc) is 2.57. The van der Waals surface area contributed by atoms with Gasteiger partial charge in [0.05, 0.1) is 14.2 Å². The number of halogens is 6. The van der Waals surface area contributed by atoms with Crippen molar-refractivity contribution in [3.05, 3.63) is 30.0 Å². The molecule has 0 amide bonds. The Labute approximate surface area is 181 Å². The van der Waals surface area contributed by atoms with Crippen molar-refractivity contribution in [1.82, 2.24) is 4.90 Å². The molecule has 0 aliphatic carbocycles. The molecule has 26 heavy (non-hydrogen) atoms. The fraction of sp³-hybridized carbons (Fsp3) is 0.333. The fourth-order valence-corrected chi connectivity index (χ4v) is 2.80. The number of rotatable bonds is 4. The molecule has 1 aromatic carbocycles. The van der Waals surface area contributed by atoms with Gasteiger partial charge >= 0.3 is 0 Å². The SMILES string of the molecule is COc1ccc(C=CN2CN=C(C(Cl)(Cl)Cl)N=C2C(Cl)(Cl)Cl)cc1OC. The predicted octanol–water partition coefficient (Wildman–Crippen LogP) is 5.49. The van der Waals surface area contributed by atoms with Crippen LogP contribution in [0.3, 0.4) is 0 Å². The van der Waals surface area contributed by atoms with E-state index in [9.17, 15) is 0 Å². The second kappa shape index (κ2) is 8.63. The van der Waals surface area contributed by atoms with E-state index < -0.39 is 7.59 Å². The molecular weight excluding hydrogens is 467 g/mol. The summed E-state index contributed by atoms with van der Waals surface area (Å²) >= 11 is 35.4. The largest absolute Gasteiger partial charge is 0.493 e. The van der Waals surface area contributed by atoms with E-state index in [1.807, 2.05) is 6.07 Å². The first-order chi connectivity index (χ1) is 12.1. The summed E-state index contributed by atoms with van der Waals surface area (Å²) in [4.78, 5) is 9.72. The Morgan fingerprint density at radius 2 is 1.65 bits per heavy atom. The minimum Gasteiger partial charge on any atom is -0.493 e. The molecule has 0 radical (unpaired) electrons. The van der Waals surface area contributed by atoms with E-state index in [-0.39, 0.29) is 18.3 Å². The highest BCUT2D eigenvalue weighted by Gasteiger charge is 2.38. The standard InChI is InChI=1S/C15H13Cl6N3O2/c1-25-10-4-3-9(7-11(10)26-2)5-6-24-8-22-12(14(16,17)18)23-13(24)15(19,20)21/h3-7H,8H2,1-2H3. The van der Waals surface area contributed by atoms with Crippen LogP contribution in [0.15, 0.2) is 34.4 Å². The van der Waals surface area contributed by atoms with Gasteiger partial charge in [-0.05, 0) is 23.8 Å². The Morgan fingerprint density at radius 1 is 1.00 bits per heavy atom. The zero-order chi connectivity index (χ0) is 19.5. The lowest BCUT2D eigenvalue weighted by atomic mass is 10.2. The molecule has 1 heterocycles. The van der Waals surface area contributed by atoms with Crippen molar-refractivity contribution in [3.63, 3.8) is 0 Å². The number of hydrogen-bond donors (Lipinski definition) is 0. The third-order valence-electron chi connectivity index (χ3n) is 3.22. The number of benzene rings is 1. The molecule has 2 rings (SSSR count). The summed E-state index contributed by atoms with van der Waals surface area (Å²) in [7, 11) is 3.11. The maximum Gasteiger partial charge on any atom is 0.249 e. The van der Waals surface area contributed by atoms with Gasteiger partial charge < -0.3 is 14.4 Å². The number of amidine groups is 2. The summed E-state index contributed by atoms with van der Waals surface area (Å²) in [5.41, 5.74) is 0.822. The normalized spacial score (nSPS) is 15.8. The maximum atomic E-state index is 5.99. The number of ether oxygens (including phenoxy) is 2. The van der Waals surface area contributed by atoms with E-state index in [0.717, 1.165) is 5.56 Å². The Morgan fingerprint density at radius 3 is 2.19 bits per heavy atom. The molecular formula is C15H13Cl6N3O2. The van der Waals surface area contributed by atoms with Crippen LogP contribution in [0.25, 0.3) is 6.08 Å². The Hall–Kier alpha value is -0.560. The van der Waals surface area contributed by atoms with Gasteiger partial charge in [0.1, 0.15) is 6.67 Å². The van der Waals surface area contributed by atoms with Crippen LogP contribution in [0.2, 0.25) is 0 Å². The van der Waals surface area contributed by atoms with Crippen molar-refractivity contribution in [2.75, 3.05) is 20.9 Å². The molecule has 0 spiro atoms. The number of nitrogens with zero attached hydrogens (tertiary/aromatic N) is 3. The number of alkyl halides is 6. The van der Waals surface area contributed by atoms with Crippen molar-refractivity contribution in [2.24, 2.45) is 9.98 Å². The molecule has 0 unspecified atom stereocenters. The van der Waals surface area contributed by atoms with Crippen LogP contribution in [0, 0.1) is 0 Å². The zero-order valence-electron chi connectivity index (χ0n) is 13.5. The van der Waals surface area contributed by atoms with Crippen LogP contribution in [0.5, 0.6) is 11.5 Å². The van der Waals surface area contributed by atoms with E-state index in [2.05, 4.69) is 9.98 Å². The zero-order valence-corrected chi connectivity index (χ0v) is 18.1. The Balaban J connectivity index is 2.30. The van der Waals surface area contributed by atoms with Crippen LogP contribution in [-0.2, 0) is 0 Å². The van der Waals surface area contributed by atoms with Crippen LogP contribution >= 0.6 is 69.6 Å². The molecule has 142 valence electrons. The Kier molecular flexibility index (Phi) is 7.22. The van der Waals surface area contributed by atoms with Gasteiger partial charge in [-0.25, -0.2) is 9.98 Å². The molecule has 1 aromatic rings. The molecule has 1 aliphatic rings. The molecule has 11 heteroatoms. The highest BCUT2D eigenvalue weighted by atomic mass is 35.6. The highest BCUT2D eigenvalue weighted by molar-refractivity contribution is 6.79. The van der Waals surface area contributed by atoms with Crippen molar-refractivity contribution in [2.45, 2.75) is 7.59 Å². The molecule has 0 N–H and O–H groups in total. The second-order valence-electron chi connectivity index (χ2n) is 4.95. The molecule has 0 atom stereocenters. The highest BCUT2D eigenvalue weighted by Crippen LogP contribution is 2.35. The van der Waals surface area contributed by atoms with Gasteiger partial charge in [-0.1, -0.05) is 75.7 Å². The summed E-state index contributed by atoms with van der Waals surface area (Å²) in [6.45, 7) is 0.0692. The molecule has 0 bridgehead atoms. The van der Waals surface area contributed by atoms with Gasteiger partial charge in [0.25, 0.3) is 0 Å². The van der Waals surface area contributed by atoms with Crippen LogP contribution in [0.4, 0.5) is 0 Å². The van der Waals surface area contributed by atoms with Crippen LogP contribution < -0.4 is 9.47 Å². The van der Waals surface area contributed by atoms with E-state index in [1.54, 1.807) is 38.6 Å². The summed E-state index contributed by atoms with van der Waals surface area (Å²) < 4.78 is 6.82. The van der Waals surface area contributed by atoms with E-state index in [4.69, 9.17) is 79.1 Å².